The molecule has 0 heterocycles. The summed E-state index contributed by atoms with van der Waals surface area (Å²) in [6.07, 6.45) is 0. The minimum atomic E-state index is -3.44. The van der Waals surface area contributed by atoms with Gasteiger partial charge in [-0.15, -0.1) is 0 Å². The second-order valence-corrected chi connectivity index (χ2v) is 9.24. The third-order valence-electron chi connectivity index (χ3n) is 4.99. The van der Waals surface area contributed by atoms with Crippen molar-refractivity contribution in [3.05, 3.63) is 108 Å². The molecule has 0 aliphatic carbocycles. The number of hydrogen-bond donors (Lipinski definition) is 1. The second kappa shape index (κ2) is 8.13. The zero-order valence-corrected chi connectivity index (χ0v) is 17.3. The van der Waals surface area contributed by atoms with Crippen molar-refractivity contribution in [2.75, 3.05) is 5.32 Å². The van der Waals surface area contributed by atoms with Gasteiger partial charge in [0.2, 0.25) is 0 Å². The van der Waals surface area contributed by atoms with Crippen LogP contribution in [0.4, 0.5) is 5.69 Å². The average Bonchev–Trinajstić information content (AvgIpc) is 2.74. The zero-order valence-electron chi connectivity index (χ0n) is 16.5. The molecule has 4 aromatic carbocycles. The Hall–Kier alpha value is -3.44. The van der Waals surface area contributed by atoms with Crippen LogP contribution in [-0.4, -0.2) is 14.3 Å². The first-order valence-corrected chi connectivity index (χ1v) is 11.3. The Morgan fingerprint density at radius 3 is 2.20 bits per heavy atom. The Bertz CT molecular complexity index is 1300. The van der Waals surface area contributed by atoms with Crippen molar-refractivity contribution >= 4 is 32.2 Å². The largest absolute Gasteiger partial charge is 0.321 e. The number of rotatable bonds is 5. The molecule has 5 heteroatoms. The highest BCUT2D eigenvalue weighted by Gasteiger charge is 2.16. The van der Waals surface area contributed by atoms with Gasteiger partial charge in [-0.05, 0) is 48.2 Å². The van der Waals surface area contributed by atoms with Gasteiger partial charge in [0.15, 0.2) is 9.84 Å². The highest BCUT2D eigenvalue weighted by Crippen LogP contribution is 2.24. The number of benzene rings is 4. The van der Waals surface area contributed by atoms with E-state index in [1.165, 1.54) is 0 Å². The molecule has 0 bridgehead atoms. The molecule has 0 atom stereocenters. The highest BCUT2D eigenvalue weighted by molar-refractivity contribution is 7.90. The predicted octanol–water partition coefficient (Wildman–Crippen LogP) is 5.37. The van der Waals surface area contributed by atoms with E-state index in [-0.39, 0.29) is 11.7 Å². The molecular weight excluding hydrogens is 394 g/mol. The van der Waals surface area contributed by atoms with Crippen LogP contribution in [0, 0.1) is 6.92 Å². The molecule has 0 aliphatic heterocycles. The number of anilines is 1. The van der Waals surface area contributed by atoms with E-state index in [1.807, 2.05) is 49.4 Å². The number of fused-ring (bicyclic) bond motifs is 1. The third-order valence-corrected chi connectivity index (χ3v) is 6.69. The fraction of sp³-hybridized carbons (Fsp3) is 0.0800. The van der Waals surface area contributed by atoms with Crippen molar-refractivity contribution < 1.29 is 13.2 Å². The van der Waals surface area contributed by atoms with Crippen molar-refractivity contribution in [2.24, 2.45) is 0 Å². The topological polar surface area (TPSA) is 63.2 Å². The number of carbonyl (C=O) groups is 1. The third kappa shape index (κ3) is 4.26. The molecule has 4 aromatic rings. The molecule has 4 rings (SSSR count). The Labute approximate surface area is 176 Å². The molecule has 0 spiro atoms. The summed E-state index contributed by atoms with van der Waals surface area (Å²) in [6, 6.07) is 27.1. The number of carbonyl (C=O) groups excluding carboxylic acids is 1. The number of amides is 1. The van der Waals surface area contributed by atoms with Crippen LogP contribution >= 0.6 is 0 Å². The standard InChI is InChI=1S/C25H21NO3S/c1-18-9-15-22(16-10-18)30(28,29)17-19-11-13-21(14-12-19)25(27)26-24-8-4-6-20-5-2-3-7-23(20)24/h2-16H,17H2,1H3,(H,26,27). The van der Waals surface area contributed by atoms with E-state index in [0.29, 0.717) is 16.0 Å². The molecule has 4 nitrogen and oxygen atoms in total. The summed E-state index contributed by atoms with van der Waals surface area (Å²) >= 11 is 0. The van der Waals surface area contributed by atoms with E-state index >= 15 is 0 Å². The van der Waals surface area contributed by atoms with Gasteiger partial charge in [-0.25, -0.2) is 8.42 Å². The smallest absolute Gasteiger partial charge is 0.255 e. The number of nitrogens with one attached hydrogen (secondary N) is 1. The van der Waals surface area contributed by atoms with Crippen LogP contribution in [0.15, 0.2) is 95.9 Å². The summed E-state index contributed by atoms with van der Waals surface area (Å²) < 4.78 is 25.2. The first-order chi connectivity index (χ1) is 14.4. The maximum Gasteiger partial charge on any atom is 0.255 e. The summed E-state index contributed by atoms with van der Waals surface area (Å²) in [5.41, 5.74) is 2.86. The number of aryl methyl sites for hydroxylation is 1. The summed E-state index contributed by atoms with van der Waals surface area (Å²) in [5, 5.41) is 4.96. The van der Waals surface area contributed by atoms with Gasteiger partial charge in [0.25, 0.3) is 5.91 Å². The quantitative estimate of drug-likeness (QED) is 0.476. The molecule has 0 fully saturated rings. The van der Waals surface area contributed by atoms with Gasteiger partial charge in [0, 0.05) is 16.6 Å². The summed E-state index contributed by atoms with van der Waals surface area (Å²) in [7, 11) is -3.44. The number of hydrogen-bond acceptors (Lipinski definition) is 3. The molecule has 0 aliphatic rings. The molecule has 1 N–H and O–H groups in total. The van der Waals surface area contributed by atoms with Crippen LogP contribution in [-0.2, 0) is 15.6 Å². The molecule has 0 unspecified atom stereocenters. The van der Waals surface area contributed by atoms with E-state index in [4.69, 9.17) is 0 Å². The van der Waals surface area contributed by atoms with Gasteiger partial charge >= 0.3 is 0 Å². The van der Waals surface area contributed by atoms with Gasteiger partial charge in [0.1, 0.15) is 0 Å². The first-order valence-electron chi connectivity index (χ1n) is 9.60. The van der Waals surface area contributed by atoms with E-state index in [0.717, 1.165) is 22.0 Å². The van der Waals surface area contributed by atoms with E-state index in [2.05, 4.69) is 5.32 Å². The normalized spacial score (nSPS) is 11.4. The lowest BCUT2D eigenvalue weighted by molar-refractivity contribution is 0.102. The van der Waals surface area contributed by atoms with Crippen molar-refractivity contribution in [3.63, 3.8) is 0 Å². The van der Waals surface area contributed by atoms with Crippen LogP contribution in [0.5, 0.6) is 0 Å². The molecule has 30 heavy (non-hydrogen) atoms. The molecule has 150 valence electrons. The minimum absolute atomic E-state index is 0.110. The fourth-order valence-electron chi connectivity index (χ4n) is 3.33. The molecule has 0 aromatic heterocycles. The lowest BCUT2D eigenvalue weighted by Gasteiger charge is -2.10. The zero-order chi connectivity index (χ0) is 21.1. The summed E-state index contributed by atoms with van der Waals surface area (Å²) in [4.78, 5) is 13.0. The van der Waals surface area contributed by atoms with Crippen molar-refractivity contribution in [1.29, 1.82) is 0 Å². The van der Waals surface area contributed by atoms with E-state index in [1.54, 1.807) is 48.5 Å². The van der Waals surface area contributed by atoms with Gasteiger partial charge in [-0.2, -0.15) is 0 Å². The molecule has 1 amide bonds. The van der Waals surface area contributed by atoms with Gasteiger partial charge in [-0.1, -0.05) is 66.2 Å². The van der Waals surface area contributed by atoms with Crippen LogP contribution in [0.2, 0.25) is 0 Å². The summed E-state index contributed by atoms with van der Waals surface area (Å²) in [6.45, 7) is 1.92. The lowest BCUT2D eigenvalue weighted by Crippen LogP contribution is -2.12. The van der Waals surface area contributed by atoms with Crippen molar-refractivity contribution in [3.8, 4) is 0 Å². The maximum atomic E-state index is 12.7. The van der Waals surface area contributed by atoms with Crippen LogP contribution in [0.25, 0.3) is 10.8 Å². The molecule has 0 radical (unpaired) electrons. The molecule has 0 saturated heterocycles. The minimum Gasteiger partial charge on any atom is -0.321 e. The molecule has 0 saturated carbocycles. The van der Waals surface area contributed by atoms with Crippen LogP contribution in [0.1, 0.15) is 21.5 Å². The van der Waals surface area contributed by atoms with Crippen LogP contribution < -0.4 is 5.32 Å². The second-order valence-electron chi connectivity index (χ2n) is 7.25. The lowest BCUT2D eigenvalue weighted by atomic mass is 10.1. The first kappa shape index (κ1) is 19.9. The van der Waals surface area contributed by atoms with E-state index < -0.39 is 9.84 Å². The Morgan fingerprint density at radius 1 is 0.800 bits per heavy atom. The van der Waals surface area contributed by atoms with Gasteiger partial charge in [-0.3, -0.25) is 4.79 Å². The van der Waals surface area contributed by atoms with Gasteiger partial charge in [0.05, 0.1) is 10.6 Å². The van der Waals surface area contributed by atoms with Crippen molar-refractivity contribution in [1.82, 2.24) is 0 Å². The highest BCUT2D eigenvalue weighted by atomic mass is 32.2. The van der Waals surface area contributed by atoms with Crippen molar-refractivity contribution in [2.45, 2.75) is 17.6 Å². The van der Waals surface area contributed by atoms with Crippen LogP contribution in [0.3, 0.4) is 0 Å². The van der Waals surface area contributed by atoms with E-state index in [9.17, 15) is 13.2 Å². The maximum absolute atomic E-state index is 12.7. The summed E-state index contributed by atoms with van der Waals surface area (Å²) in [5.74, 6) is -0.347. The average molecular weight is 416 g/mol. The monoisotopic (exact) mass is 415 g/mol. The van der Waals surface area contributed by atoms with Gasteiger partial charge < -0.3 is 5.32 Å². The number of sulfone groups is 1. The Balaban J connectivity index is 1.50. The Kier molecular flexibility index (Phi) is 5.38. The predicted molar refractivity (Wildman–Crippen MR) is 120 cm³/mol. The Morgan fingerprint density at radius 2 is 1.47 bits per heavy atom. The fourth-order valence-corrected chi connectivity index (χ4v) is 4.68. The molecular formula is C25H21NO3S. The SMILES string of the molecule is Cc1ccc(S(=O)(=O)Cc2ccc(C(=O)Nc3cccc4ccccc34)cc2)cc1.